The molecule has 1 unspecified atom stereocenters. The summed E-state index contributed by atoms with van der Waals surface area (Å²) in [6, 6.07) is 8.46. The van der Waals surface area contributed by atoms with E-state index in [1.807, 2.05) is 18.5 Å². The van der Waals surface area contributed by atoms with E-state index in [0.717, 1.165) is 11.3 Å². The summed E-state index contributed by atoms with van der Waals surface area (Å²) in [6.07, 6.45) is 6.28. The Kier molecular flexibility index (Phi) is 2.91. The molecule has 3 nitrogen and oxygen atoms in total. The molecule has 2 aliphatic heterocycles. The first-order valence-electron chi connectivity index (χ1n) is 6.50. The smallest absolute Gasteiger partial charge is 0.125 e. The van der Waals surface area contributed by atoms with E-state index < -0.39 is 0 Å². The first-order chi connectivity index (χ1) is 9.19. The van der Waals surface area contributed by atoms with Gasteiger partial charge in [-0.3, -0.25) is 0 Å². The van der Waals surface area contributed by atoms with Crippen LogP contribution < -0.4 is 5.32 Å². The molecule has 19 heavy (non-hydrogen) atoms. The van der Waals surface area contributed by atoms with E-state index in [1.165, 1.54) is 16.7 Å². The van der Waals surface area contributed by atoms with E-state index in [4.69, 9.17) is 0 Å². The van der Waals surface area contributed by atoms with Gasteiger partial charge in [-0.05, 0) is 36.6 Å². The number of nitrogens with one attached hydrogen (secondary N) is 1. The lowest BCUT2D eigenvalue weighted by Crippen LogP contribution is -2.36. The number of hydrogen-bond donors (Lipinski definition) is 2. The van der Waals surface area contributed by atoms with Gasteiger partial charge < -0.3 is 15.3 Å². The highest BCUT2D eigenvalue weighted by molar-refractivity contribution is 5.69. The molecule has 3 heteroatoms. The Morgan fingerprint density at radius 2 is 2.16 bits per heavy atom. The van der Waals surface area contributed by atoms with E-state index in [-0.39, 0.29) is 12.8 Å². The second-order valence-electron chi connectivity index (χ2n) is 5.13. The molecule has 1 aromatic carbocycles. The summed E-state index contributed by atoms with van der Waals surface area (Å²) in [6.45, 7) is 4.25. The fourth-order valence-electron chi connectivity index (χ4n) is 2.66. The Morgan fingerprint density at radius 1 is 1.32 bits per heavy atom. The molecule has 0 spiro atoms. The summed E-state index contributed by atoms with van der Waals surface area (Å²) in [5, 5.41) is 12.7. The molecule has 2 N–H and O–H groups in total. The van der Waals surface area contributed by atoms with Crippen molar-refractivity contribution in [2.24, 2.45) is 0 Å². The third-order valence-corrected chi connectivity index (χ3v) is 3.58. The van der Waals surface area contributed by atoms with Crippen LogP contribution in [-0.4, -0.2) is 22.8 Å². The molecule has 3 rings (SSSR count). The van der Waals surface area contributed by atoms with Crippen molar-refractivity contribution >= 4 is 5.70 Å². The molecule has 1 aromatic rings. The summed E-state index contributed by atoms with van der Waals surface area (Å²) < 4.78 is 0. The van der Waals surface area contributed by atoms with Crippen LogP contribution in [0.5, 0.6) is 0 Å². The molecule has 0 bridgehead atoms. The second kappa shape index (κ2) is 4.59. The van der Waals surface area contributed by atoms with Gasteiger partial charge in [-0.25, -0.2) is 0 Å². The topological polar surface area (TPSA) is 35.5 Å². The number of fused-ring (bicyclic) bond motifs is 1. The van der Waals surface area contributed by atoms with Gasteiger partial charge in [0, 0.05) is 12.4 Å². The van der Waals surface area contributed by atoms with Crippen molar-refractivity contribution in [3.63, 3.8) is 0 Å². The summed E-state index contributed by atoms with van der Waals surface area (Å²) in [5.41, 5.74) is 5.74. The maximum absolute atomic E-state index is 9.35. The minimum absolute atomic E-state index is 0.0711. The predicted molar refractivity (Wildman–Crippen MR) is 76.8 cm³/mol. The van der Waals surface area contributed by atoms with Crippen molar-refractivity contribution in [1.82, 2.24) is 10.2 Å². The number of rotatable bonds is 2. The highest BCUT2D eigenvalue weighted by Crippen LogP contribution is 2.32. The van der Waals surface area contributed by atoms with Crippen LogP contribution in [0.3, 0.4) is 0 Å². The van der Waals surface area contributed by atoms with Gasteiger partial charge in [0.15, 0.2) is 0 Å². The largest absolute Gasteiger partial charge is 0.392 e. The average molecular weight is 254 g/mol. The lowest BCUT2D eigenvalue weighted by Gasteiger charge is -2.31. The zero-order valence-corrected chi connectivity index (χ0v) is 11.2. The number of nitrogens with zero attached hydrogens (tertiary/aromatic N) is 1. The van der Waals surface area contributed by atoms with E-state index >= 15 is 0 Å². The zero-order chi connectivity index (χ0) is 13.4. The maximum Gasteiger partial charge on any atom is 0.125 e. The Bertz CT molecular complexity index is 599. The molecular weight excluding hydrogens is 236 g/mol. The van der Waals surface area contributed by atoms with Gasteiger partial charge in [-0.2, -0.15) is 0 Å². The van der Waals surface area contributed by atoms with Gasteiger partial charge in [-0.15, -0.1) is 0 Å². The molecule has 0 saturated carbocycles. The van der Waals surface area contributed by atoms with Crippen LogP contribution in [0.1, 0.15) is 18.1 Å². The summed E-state index contributed by atoms with van der Waals surface area (Å²) >= 11 is 0. The van der Waals surface area contributed by atoms with Gasteiger partial charge in [-0.1, -0.05) is 29.8 Å². The van der Waals surface area contributed by atoms with Gasteiger partial charge in [0.1, 0.15) is 6.17 Å². The van der Waals surface area contributed by atoms with E-state index in [2.05, 4.69) is 48.3 Å². The van der Waals surface area contributed by atoms with Crippen LogP contribution in [-0.2, 0) is 0 Å². The lowest BCUT2D eigenvalue weighted by molar-refractivity contribution is 0.325. The molecule has 0 radical (unpaired) electrons. The Morgan fingerprint density at radius 3 is 2.89 bits per heavy atom. The van der Waals surface area contributed by atoms with Crippen molar-refractivity contribution in [2.45, 2.75) is 20.0 Å². The average Bonchev–Trinajstić information content (AvgIpc) is 2.83. The third-order valence-electron chi connectivity index (χ3n) is 3.58. The minimum Gasteiger partial charge on any atom is -0.392 e. The Labute approximate surface area is 113 Å². The van der Waals surface area contributed by atoms with Gasteiger partial charge in [0.25, 0.3) is 0 Å². The number of aliphatic hydroxyl groups excluding tert-OH is 1. The molecule has 0 aliphatic carbocycles. The van der Waals surface area contributed by atoms with Gasteiger partial charge in [0.2, 0.25) is 0 Å². The zero-order valence-electron chi connectivity index (χ0n) is 11.2. The molecule has 0 fully saturated rings. The lowest BCUT2D eigenvalue weighted by atomic mass is 10.0. The minimum atomic E-state index is 0.0711. The quantitative estimate of drug-likeness (QED) is 0.850. The molecule has 98 valence electrons. The van der Waals surface area contributed by atoms with Crippen LogP contribution in [0.2, 0.25) is 0 Å². The van der Waals surface area contributed by atoms with Crippen molar-refractivity contribution < 1.29 is 5.11 Å². The first-order valence-corrected chi connectivity index (χ1v) is 6.50. The van der Waals surface area contributed by atoms with Crippen LogP contribution in [0, 0.1) is 6.92 Å². The van der Waals surface area contributed by atoms with Crippen molar-refractivity contribution in [3.05, 3.63) is 65.0 Å². The number of benzene rings is 1. The molecular formula is C16H18N2O. The fourth-order valence-corrected chi connectivity index (χ4v) is 2.66. The normalized spacial score (nSPS) is 21.3. The first kappa shape index (κ1) is 12.1. The summed E-state index contributed by atoms with van der Waals surface area (Å²) in [7, 11) is 0. The molecule has 2 heterocycles. The molecule has 0 aromatic heterocycles. The van der Waals surface area contributed by atoms with Crippen LogP contribution in [0.4, 0.5) is 0 Å². The standard InChI is InChI=1S/C16H18N2O/c1-11-4-3-5-14(6-11)15-8-17-16-12(2)7-13(10-19)9-18(15)16/h3-9,16-17,19H,10H2,1-2H3. The summed E-state index contributed by atoms with van der Waals surface area (Å²) in [5.74, 6) is 0. The molecule has 1 atom stereocenters. The van der Waals surface area contributed by atoms with E-state index in [0.29, 0.717) is 0 Å². The van der Waals surface area contributed by atoms with Crippen LogP contribution in [0.15, 0.2) is 53.9 Å². The molecule has 2 aliphatic rings. The predicted octanol–water partition coefficient (Wildman–Crippen LogP) is 2.36. The number of aliphatic hydroxyl groups is 1. The van der Waals surface area contributed by atoms with E-state index in [1.54, 1.807) is 0 Å². The highest BCUT2D eigenvalue weighted by Gasteiger charge is 2.29. The van der Waals surface area contributed by atoms with Gasteiger partial charge >= 0.3 is 0 Å². The number of hydrogen-bond acceptors (Lipinski definition) is 3. The van der Waals surface area contributed by atoms with Gasteiger partial charge in [0.05, 0.1) is 12.3 Å². The second-order valence-corrected chi connectivity index (χ2v) is 5.13. The monoisotopic (exact) mass is 254 g/mol. The third kappa shape index (κ3) is 2.06. The fraction of sp³-hybridized carbons (Fsp3) is 0.250. The van der Waals surface area contributed by atoms with Crippen LogP contribution >= 0.6 is 0 Å². The molecule has 0 saturated heterocycles. The Balaban J connectivity index is 1.98. The number of aryl methyl sites for hydroxylation is 1. The maximum atomic E-state index is 9.35. The van der Waals surface area contributed by atoms with Crippen LogP contribution in [0.25, 0.3) is 5.70 Å². The molecule has 0 amide bonds. The van der Waals surface area contributed by atoms with Crippen molar-refractivity contribution in [3.8, 4) is 0 Å². The highest BCUT2D eigenvalue weighted by atomic mass is 16.3. The summed E-state index contributed by atoms with van der Waals surface area (Å²) in [4.78, 5) is 2.19. The Hall–Kier alpha value is -2.00. The van der Waals surface area contributed by atoms with Crippen molar-refractivity contribution in [2.75, 3.05) is 6.61 Å². The SMILES string of the molecule is CC1=CC(CO)=CN2C(c3cccc(C)c3)=CNC12. The van der Waals surface area contributed by atoms with Crippen molar-refractivity contribution in [1.29, 1.82) is 0 Å². The van der Waals surface area contributed by atoms with E-state index in [9.17, 15) is 5.11 Å².